The minimum atomic E-state index is -0.320. The van der Waals surface area contributed by atoms with E-state index in [4.69, 9.17) is 0 Å². The molecular formula is C14H23N3O2S. The standard InChI is InChI=1S/C14H23N3O2S/c1-8-10(3)20-14(15-8)16-13(19)9(2)17(4)7-12(18)11-5-6-11/h9,11-12,18H,5-7H2,1-4H3,(H,15,16,19). The number of thiazole rings is 1. The Labute approximate surface area is 124 Å². The van der Waals surface area contributed by atoms with Gasteiger partial charge in [0.2, 0.25) is 5.91 Å². The van der Waals surface area contributed by atoms with Crippen molar-refractivity contribution in [2.24, 2.45) is 5.92 Å². The fourth-order valence-electron chi connectivity index (χ4n) is 2.02. The zero-order chi connectivity index (χ0) is 14.9. The van der Waals surface area contributed by atoms with Gasteiger partial charge < -0.3 is 10.4 Å². The largest absolute Gasteiger partial charge is 0.392 e. The van der Waals surface area contributed by atoms with Gasteiger partial charge in [0.25, 0.3) is 0 Å². The molecule has 2 atom stereocenters. The molecule has 1 aliphatic rings. The van der Waals surface area contributed by atoms with E-state index in [1.165, 1.54) is 11.3 Å². The van der Waals surface area contributed by atoms with Crippen LogP contribution in [-0.4, -0.2) is 46.6 Å². The Morgan fingerprint density at radius 2 is 2.20 bits per heavy atom. The van der Waals surface area contributed by atoms with Gasteiger partial charge in [-0.3, -0.25) is 9.69 Å². The van der Waals surface area contributed by atoms with E-state index in [0.29, 0.717) is 17.6 Å². The zero-order valence-corrected chi connectivity index (χ0v) is 13.3. The summed E-state index contributed by atoms with van der Waals surface area (Å²) in [5, 5.41) is 13.4. The predicted molar refractivity (Wildman–Crippen MR) is 81.0 cm³/mol. The highest BCUT2D eigenvalue weighted by Gasteiger charge is 2.32. The van der Waals surface area contributed by atoms with Crippen molar-refractivity contribution in [3.63, 3.8) is 0 Å². The monoisotopic (exact) mass is 297 g/mol. The average Bonchev–Trinajstić information content (AvgIpc) is 3.17. The highest BCUT2D eigenvalue weighted by atomic mass is 32.1. The minimum absolute atomic E-state index is 0.0794. The number of nitrogens with zero attached hydrogens (tertiary/aromatic N) is 2. The molecular weight excluding hydrogens is 274 g/mol. The molecule has 1 aromatic heterocycles. The number of aryl methyl sites for hydroxylation is 2. The Kier molecular flexibility index (Phi) is 4.78. The van der Waals surface area contributed by atoms with Crippen LogP contribution in [0, 0.1) is 19.8 Å². The van der Waals surface area contributed by atoms with Crippen LogP contribution in [0.1, 0.15) is 30.3 Å². The normalized spacial score (nSPS) is 18.1. The van der Waals surface area contributed by atoms with Crippen molar-refractivity contribution in [2.75, 3.05) is 18.9 Å². The predicted octanol–water partition coefficient (Wildman–Crippen LogP) is 1.79. The number of aromatic nitrogens is 1. The van der Waals surface area contributed by atoms with Crippen LogP contribution in [0.3, 0.4) is 0 Å². The first-order valence-electron chi connectivity index (χ1n) is 7.01. The Morgan fingerprint density at radius 3 is 2.70 bits per heavy atom. The number of carbonyl (C=O) groups excluding carboxylic acids is 1. The van der Waals surface area contributed by atoms with Crippen LogP contribution < -0.4 is 5.32 Å². The first-order chi connectivity index (χ1) is 9.38. The van der Waals surface area contributed by atoms with Crippen molar-refractivity contribution in [3.8, 4) is 0 Å². The highest BCUT2D eigenvalue weighted by Crippen LogP contribution is 2.32. The molecule has 112 valence electrons. The molecule has 1 saturated carbocycles. The molecule has 0 saturated heterocycles. The molecule has 0 aromatic carbocycles. The molecule has 1 aliphatic carbocycles. The van der Waals surface area contributed by atoms with E-state index in [0.717, 1.165) is 23.4 Å². The van der Waals surface area contributed by atoms with Crippen molar-refractivity contribution in [2.45, 2.75) is 45.8 Å². The lowest BCUT2D eigenvalue weighted by Gasteiger charge is -2.25. The number of hydrogen-bond acceptors (Lipinski definition) is 5. The number of hydrogen-bond donors (Lipinski definition) is 2. The van der Waals surface area contributed by atoms with Gasteiger partial charge in [-0.2, -0.15) is 0 Å². The summed E-state index contributed by atoms with van der Waals surface area (Å²) in [7, 11) is 1.87. The third-order valence-corrected chi connectivity index (χ3v) is 4.93. The van der Waals surface area contributed by atoms with E-state index >= 15 is 0 Å². The summed E-state index contributed by atoms with van der Waals surface area (Å²) in [6.07, 6.45) is 1.89. The lowest BCUT2D eigenvalue weighted by molar-refractivity contribution is -0.120. The molecule has 0 radical (unpaired) electrons. The summed E-state index contributed by atoms with van der Waals surface area (Å²) in [4.78, 5) is 19.5. The van der Waals surface area contributed by atoms with Crippen molar-refractivity contribution in [1.29, 1.82) is 0 Å². The van der Waals surface area contributed by atoms with Crippen LogP contribution in [-0.2, 0) is 4.79 Å². The SMILES string of the molecule is Cc1nc(NC(=O)C(C)N(C)CC(O)C2CC2)sc1C. The van der Waals surface area contributed by atoms with Gasteiger partial charge in [-0.05, 0) is 46.6 Å². The molecule has 2 N–H and O–H groups in total. The maximum Gasteiger partial charge on any atom is 0.243 e. The summed E-state index contributed by atoms with van der Waals surface area (Å²) in [5.74, 6) is 0.348. The highest BCUT2D eigenvalue weighted by molar-refractivity contribution is 7.15. The molecule has 1 amide bonds. The smallest absolute Gasteiger partial charge is 0.243 e. The second-order valence-electron chi connectivity index (χ2n) is 5.67. The Hall–Kier alpha value is -0.980. The van der Waals surface area contributed by atoms with E-state index in [-0.39, 0.29) is 18.1 Å². The number of anilines is 1. The summed E-state index contributed by atoms with van der Waals surface area (Å²) >= 11 is 1.49. The van der Waals surface area contributed by atoms with Crippen LogP contribution in [0.15, 0.2) is 0 Å². The number of aliphatic hydroxyl groups excluding tert-OH is 1. The van der Waals surface area contributed by atoms with Crippen LogP contribution in [0.2, 0.25) is 0 Å². The summed E-state index contributed by atoms with van der Waals surface area (Å²) in [5.41, 5.74) is 0.954. The molecule has 0 spiro atoms. The fourth-order valence-corrected chi connectivity index (χ4v) is 2.84. The van der Waals surface area contributed by atoms with E-state index in [9.17, 15) is 9.90 Å². The van der Waals surface area contributed by atoms with Crippen LogP contribution in [0.25, 0.3) is 0 Å². The van der Waals surface area contributed by atoms with E-state index in [1.807, 2.05) is 32.7 Å². The van der Waals surface area contributed by atoms with Gasteiger partial charge in [-0.1, -0.05) is 0 Å². The third-order valence-electron chi connectivity index (χ3n) is 3.94. The van der Waals surface area contributed by atoms with Gasteiger partial charge in [0.1, 0.15) is 0 Å². The Morgan fingerprint density at radius 1 is 1.55 bits per heavy atom. The van der Waals surface area contributed by atoms with Crippen LogP contribution in [0.5, 0.6) is 0 Å². The molecule has 20 heavy (non-hydrogen) atoms. The molecule has 2 unspecified atom stereocenters. The van der Waals surface area contributed by atoms with Gasteiger partial charge in [0.15, 0.2) is 5.13 Å². The molecule has 1 fully saturated rings. The van der Waals surface area contributed by atoms with Gasteiger partial charge in [-0.25, -0.2) is 4.98 Å². The van der Waals surface area contributed by atoms with Crippen molar-refractivity contribution >= 4 is 22.4 Å². The van der Waals surface area contributed by atoms with Gasteiger partial charge in [0, 0.05) is 11.4 Å². The average molecular weight is 297 g/mol. The topological polar surface area (TPSA) is 65.5 Å². The number of amides is 1. The minimum Gasteiger partial charge on any atom is -0.392 e. The fraction of sp³-hybridized carbons (Fsp3) is 0.714. The third kappa shape index (κ3) is 3.77. The zero-order valence-electron chi connectivity index (χ0n) is 12.5. The second-order valence-corrected chi connectivity index (χ2v) is 6.87. The van der Waals surface area contributed by atoms with Gasteiger partial charge in [0.05, 0.1) is 17.8 Å². The van der Waals surface area contributed by atoms with Crippen LogP contribution >= 0.6 is 11.3 Å². The van der Waals surface area contributed by atoms with Gasteiger partial charge >= 0.3 is 0 Å². The molecule has 1 heterocycles. The maximum absolute atomic E-state index is 12.2. The molecule has 1 aromatic rings. The Balaban J connectivity index is 1.86. The lowest BCUT2D eigenvalue weighted by atomic mass is 10.2. The van der Waals surface area contributed by atoms with Crippen molar-refractivity contribution < 1.29 is 9.90 Å². The number of likely N-dealkylation sites (N-methyl/N-ethyl adjacent to an activating group) is 1. The van der Waals surface area contributed by atoms with Gasteiger partial charge in [-0.15, -0.1) is 11.3 Å². The molecule has 0 bridgehead atoms. The molecule has 5 nitrogen and oxygen atoms in total. The van der Waals surface area contributed by atoms with Crippen molar-refractivity contribution in [1.82, 2.24) is 9.88 Å². The lowest BCUT2D eigenvalue weighted by Crippen LogP contribution is -2.43. The Bertz CT molecular complexity index is 465. The van der Waals surface area contributed by atoms with E-state index < -0.39 is 0 Å². The molecule has 0 aliphatic heterocycles. The maximum atomic E-state index is 12.2. The summed E-state index contributed by atoms with van der Waals surface area (Å²) in [6, 6.07) is -0.284. The number of rotatable bonds is 6. The van der Waals surface area contributed by atoms with Crippen molar-refractivity contribution in [3.05, 3.63) is 10.6 Å². The first kappa shape index (κ1) is 15.4. The quantitative estimate of drug-likeness (QED) is 0.840. The summed E-state index contributed by atoms with van der Waals surface area (Å²) in [6.45, 7) is 6.31. The molecule has 2 rings (SSSR count). The number of nitrogens with one attached hydrogen (secondary N) is 1. The molecule has 6 heteroatoms. The van der Waals surface area contributed by atoms with E-state index in [2.05, 4.69) is 10.3 Å². The van der Waals surface area contributed by atoms with E-state index in [1.54, 1.807) is 0 Å². The first-order valence-corrected chi connectivity index (χ1v) is 7.83. The summed E-state index contributed by atoms with van der Waals surface area (Å²) < 4.78 is 0. The van der Waals surface area contributed by atoms with Crippen LogP contribution in [0.4, 0.5) is 5.13 Å². The number of aliphatic hydroxyl groups is 1. The second kappa shape index (κ2) is 6.20. The number of carbonyl (C=O) groups is 1.